The van der Waals surface area contributed by atoms with Gasteiger partial charge in [-0.25, -0.2) is 9.97 Å². The van der Waals surface area contributed by atoms with Crippen molar-refractivity contribution < 1.29 is 4.79 Å². The standard InChI is InChI=1S/C16H17N3O/c1-11-15(12(2)20)9-17-16(18-11)19-8-7-13-5-3-4-6-14(13)10-19/h3-6,9H,7-8,10H2,1-2H3. The lowest BCUT2D eigenvalue weighted by Crippen LogP contribution is -2.32. The van der Waals surface area contributed by atoms with E-state index in [0.717, 1.165) is 25.2 Å². The number of ketones is 1. The van der Waals surface area contributed by atoms with Gasteiger partial charge in [0.2, 0.25) is 5.95 Å². The average molecular weight is 267 g/mol. The number of nitrogens with zero attached hydrogens (tertiary/aromatic N) is 3. The molecule has 0 radical (unpaired) electrons. The number of Topliss-reactive ketones (excluding diaryl/α,β-unsaturated/α-hetero) is 1. The largest absolute Gasteiger partial charge is 0.336 e. The van der Waals surface area contributed by atoms with E-state index in [1.165, 1.54) is 11.1 Å². The predicted molar refractivity (Wildman–Crippen MR) is 78.0 cm³/mol. The number of rotatable bonds is 2. The van der Waals surface area contributed by atoms with Gasteiger partial charge < -0.3 is 4.90 Å². The molecule has 0 bridgehead atoms. The number of aryl methyl sites for hydroxylation is 1. The summed E-state index contributed by atoms with van der Waals surface area (Å²) in [4.78, 5) is 22.4. The number of fused-ring (bicyclic) bond motifs is 1. The Hall–Kier alpha value is -2.23. The number of carbonyl (C=O) groups is 1. The quantitative estimate of drug-likeness (QED) is 0.784. The molecule has 4 heteroatoms. The second-order valence-corrected chi connectivity index (χ2v) is 5.17. The van der Waals surface area contributed by atoms with Gasteiger partial charge in [0.15, 0.2) is 5.78 Å². The zero-order valence-corrected chi connectivity index (χ0v) is 11.8. The van der Waals surface area contributed by atoms with Crippen LogP contribution in [0.2, 0.25) is 0 Å². The number of hydrogen-bond donors (Lipinski definition) is 0. The molecule has 0 fully saturated rings. The Labute approximate surface area is 118 Å². The molecule has 0 aliphatic carbocycles. The summed E-state index contributed by atoms with van der Waals surface area (Å²) < 4.78 is 0. The Balaban J connectivity index is 1.88. The summed E-state index contributed by atoms with van der Waals surface area (Å²) in [6, 6.07) is 8.47. The van der Waals surface area contributed by atoms with Crippen LogP contribution in [0.5, 0.6) is 0 Å². The van der Waals surface area contributed by atoms with Crippen molar-refractivity contribution in [3.05, 3.63) is 52.8 Å². The lowest BCUT2D eigenvalue weighted by Gasteiger charge is -2.29. The molecule has 0 atom stereocenters. The Bertz CT molecular complexity index is 667. The third-order valence-corrected chi connectivity index (χ3v) is 3.76. The van der Waals surface area contributed by atoms with E-state index in [4.69, 9.17) is 0 Å². The van der Waals surface area contributed by atoms with Gasteiger partial charge >= 0.3 is 0 Å². The first-order valence-electron chi connectivity index (χ1n) is 6.81. The molecule has 4 nitrogen and oxygen atoms in total. The molecule has 1 aliphatic heterocycles. The van der Waals surface area contributed by atoms with Crippen molar-refractivity contribution in [3.63, 3.8) is 0 Å². The number of benzene rings is 1. The Morgan fingerprint density at radius 2 is 2.00 bits per heavy atom. The highest BCUT2D eigenvalue weighted by molar-refractivity contribution is 5.94. The summed E-state index contributed by atoms with van der Waals surface area (Å²) in [5.41, 5.74) is 4.09. The van der Waals surface area contributed by atoms with Gasteiger partial charge in [0.1, 0.15) is 0 Å². The first kappa shape index (κ1) is 12.8. The van der Waals surface area contributed by atoms with Gasteiger partial charge in [-0.2, -0.15) is 0 Å². The average Bonchev–Trinajstić information content (AvgIpc) is 2.46. The van der Waals surface area contributed by atoms with Crippen molar-refractivity contribution in [2.24, 2.45) is 0 Å². The molecule has 0 unspecified atom stereocenters. The smallest absolute Gasteiger partial charge is 0.225 e. The number of aromatic nitrogens is 2. The molecule has 1 aromatic carbocycles. The second-order valence-electron chi connectivity index (χ2n) is 5.17. The van der Waals surface area contributed by atoms with Crippen LogP contribution in [0, 0.1) is 6.92 Å². The molecule has 0 spiro atoms. The zero-order chi connectivity index (χ0) is 14.1. The van der Waals surface area contributed by atoms with Crippen molar-refractivity contribution in [2.45, 2.75) is 26.8 Å². The maximum Gasteiger partial charge on any atom is 0.225 e. The van der Waals surface area contributed by atoms with Crippen LogP contribution in [-0.4, -0.2) is 22.3 Å². The first-order chi connectivity index (χ1) is 9.65. The predicted octanol–water partition coefficient (Wildman–Crippen LogP) is 2.55. The van der Waals surface area contributed by atoms with E-state index in [2.05, 4.69) is 39.1 Å². The molecular formula is C16H17N3O. The lowest BCUT2D eigenvalue weighted by molar-refractivity contribution is 0.101. The third-order valence-electron chi connectivity index (χ3n) is 3.76. The molecule has 2 heterocycles. The van der Waals surface area contributed by atoms with Crippen LogP contribution in [0.1, 0.15) is 34.1 Å². The van der Waals surface area contributed by atoms with Crippen LogP contribution in [0.3, 0.4) is 0 Å². The van der Waals surface area contributed by atoms with Crippen molar-refractivity contribution in [2.75, 3.05) is 11.4 Å². The summed E-state index contributed by atoms with van der Waals surface area (Å²) in [7, 11) is 0. The molecule has 1 aliphatic rings. The number of carbonyl (C=O) groups excluding carboxylic acids is 1. The number of anilines is 1. The van der Waals surface area contributed by atoms with Crippen molar-refractivity contribution in [3.8, 4) is 0 Å². The highest BCUT2D eigenvalue weighted by Gasteiger charge is 2.19. The van der Waals surface area contributed by atoms with E-state index in [0.29, 0.717) is 11.5 Å². The van der Waals surface area contributed by atoms with Crippen LogP contribution < -0.4 is 4.90 Å². The number of hydrogen-bond acceptors (Lipinski definition) is 4. The topological polar surface area (TPSA) is 46.1 Å². The first-order valence-corrected chi connectivity index (χ1v) is 6.81. The summed E-state index contributed by atoms with van der Waals surface area (Å²) >= 11 is 0. The van der Waals surface area contributed by atoms with Gasteiger partial charge in [0.25, 0.3) is 0 Å². The monoisotopic (exact) mass is 267 g/mol. The van der Waals surface area contributed by atoms with E-state index in [1.54, 1.807) is 13.1 Å². The zero-order valence-electron chi connectivity index (χ0n) is 11.8. The van der Waals surface area contributed by atoms with E-state index in [-0.39, 0.29) is 5.78 Å². The molecule has 0 saturated carbocycles. The second kappa shape index (κ2) is 5.04. The van der Waals surface area contributed by atoms with Crippen molar-refractivity contribution in [1.82, 2.24) is 9.97 Å². The normalized spacial score (nSPS) is 14.0. The molecule has 2 aromatic rings. The van der Waals surface area contributed by atoms with Gasteiger partial charge in [-0.15, -0.1) is 0 Å². The molecule has 3 rings (SSSR count). The van der Waals surface area contributed by atoms with Crippen LogP contribution in [0.4, 0.5) is 5.95 Å². The fraction of sp³-hybridized carbons (Fsp3) is 0.312. The van der Waals surface area contributed by atoms with Crippen LogP contribution in [0.25, 0.3) is 0 Å². The molecule has 20 heavy (non-hydrogen) atoms. The SMILES string of the molecule is CC(=O)c1cnc(N2CCc3ccccc3C2)nc1C. The molecular weight excluding hydrogens is 250 g/mol. The third kappa shape index (κ3) is 2.29. The summed E-state index contributed by atoms with van der Waals surface area (Å²) in [5.74, 6) is 0.722. The maximum atomic E-state index is 11.4. The minimum atomic E-state index is 0.0121. The van der Waals surface area contributed by atoms with Gasteiger partial charge in [0, 0.05) is 19.3 Å². The van der Waals surface area contributed by atoms with Gasteiger partial charge in [0.05, 0.1) is 11.3 Å². The fourth-order valence-electron chi connectivity index (χ4n) is 2.62. The van der Waals surface area contributed by atoms with Crippen LogP contribution in [0.15, 0.2) is 30.5 Å². The highest BCUT2D eigenvalue weighted by Crippen LogP contribution is 2.22. The Morgan fingerprint density at radius 3 is 2.70 bits per heavy atom. The van der Waals surface area contributed by atoms with E-state index in [1.807, 2.05) is 6.92 Å². The minimum Gasteiger partial charge on any atom is -0.336 e. The Kier molecular flexibility index (Phi) is 3.22. The van der Waals surface area contributed by atoms with Crippen LogP contribution in [-0.2, 0) is 13.0 Å². The molecule has 0 amide bonds. The summed E-state index contributed by atoms with van der Waals surface area (Å²) in [6.07, 6.45) is 2.65. The molecule has 0 N–H and O–H groups in total. The molecule has 0 saturated heterocycles. The molecule has 102 valence electrons. The van der Waals surface area contributed by atoms with Gasteiger partial charge in [-0.3, -0.25) is 4.79 Å². The van der Waals surface area contributed by atoms with Crippen LogP contribution >= 0.6 is 0 Å². The lowest BCUT2D eigenvalue weighted by atomic mass is 10.0. The van der Waals surface area contributed by atoms with E-state index < -0.39 is 0 Å². The van der Waals surface area contributed by atoms with E-state index >= 15 is 0 Å². The highest BCUT2D eigenvalue weighted by atomic mass is 16.1. The molecule has 1 aromatic heterocycles. The Morgan fingerprint density at radius 1 is 1.25 bits per heavy atom. The fourth-order valence-corrected chi connectivity index (χ4v) is 2.62. The maximum absolute atomic E-state index is 11.4. The summed E-state index contributed by atoms with van der Waals surface area (Å²) in [5, 5.41) is 0. The van der Waals surface area contributed by atoms with Crippen molar-refractivity contribution >= 4 is 11.7 Å². The van der Waals surface area contributed by atoms with Crippen molar-refractivity contribution in [1.29, 1.82) is 0 Å². The summed E-state index contributed by atoms with van der Waals surface area (Å²) in [6.45, 7) is 5.15. The minimum absolute atomic E-state index is 0.0121. The van der Waals surface area contributed by atoms with E-state index in [9.17, 15) is 4.79 Å². The van der Waals surface area contributed by atoms with Gasteiger partial charge in [-0.05, 0) is 31.4 Å². The van der Waals surface area contributed by atoms with Gasteiger partial charge in [-0.1, -0.05) is 24.3 Å².